The third-order valence-corrected chi connectivity index (χ3v) is 2.04. The van der Waals surface area contributed by atoms with Gasteiger partial charge in [-0.25, -0.2) is 0 Å². The zero-order valence-corrected chi connectivity index (χ0v) is 7.81. The summed E-state index contributed by atoms with van der Waals surface area (Å²) in [6.45, 7) is 3.74. The Labute approximate surface area is 75.2 Å². The van der Waals surface area contributed by atoms with E-state index in [4.69, 9.17) is 0 Å². The highest BCUT2D eigenvalue weighted by Gasteiger charge is 2.34. The van der Waals surface area contributed by atoms with E-state index < -0.39 is 11.9 Å². The minimum absolute atomic E-state index is 0.112. The summed E-state index contributed by atoms with van der Waals surface area (Å²) in [5.41, 5.74) is 0.114. The lowest BCUT2D eigenvalue weighted by molar-refractivity contribution is -0.143. The predicted octanol–water partition coefficient (Wildman–Crippen LogP) is 3.17. The first-order valence-corrected chi connectivity index (χ1v) is 4.07. The second kappa shape index (κ2) is 3.09. The van der Waals surface area contributed by atoms with Crippen LogP contribution in [-0.2, 0) is 13.2 Å². The highest BCUT2D eigenvalue weighted by molar-refractivity contribution is 5.20. The van der Waals surface area contributed by atoms with Crippen LogP contribution in [0.4, 0.5) is 13.2 Å². The van der Waals surface area contributed by atoms with Gasteiger partial charge in [0.05, 0.1) is 0 Å². The number of nitrogens with zero attached hydrogens (tertiary/aromatic N) is 1. The molecule has 0 aliphatic rings. The number of alkyl halides is 3. The Morgan fingerprint density at radius 3 is 2.00 bits per heavy atom. The van der Waals surface area contributed by atoms with Gasteiger partial charge in [0.1, 0.15) is 5.69 Å². The molecule has 13 heavy (non-hydrogen) atoms. The SMILES string of the molecule is CC(C)c1ccc(C(F)(F)F)n1C. The van der Waals surface area contributed by atoms with Crippen molar-refractivity contribution in [2.45, 2.75) is 25.9 Å². The van der Waals surface area contributed by atoms with Crippen molar-refractivity contribution < 1.29 is 13.2 Å². The van der Waals surface area contributed by atoms with Gasteiger partial charge >= 0.3 is 6.18 Å². The molecule has 0 saturated carbocycles. The number of aromatic nitrogens is 1. The van der Waals surface area contributed by atoms with Crippen LogP contribution in [-0.4, -0.2) is 4.57 Å². The maximum Gasteiger partial charge on any atom is 0.431 e. The Bertz CT molecular complexity index is 296. The van der Waals surface area contributed by atoms with E-state index in [0.717, 1.165) is 6.07 Å². The van der Waals surface area contributed by atoms with E-state index in [9.17, 15) is 13.2 Å². The molecule has 4 heteroatoms. The lowest BCUT2D eigenvalue weighted by Gasteiger charge is -2.11. The second-order valence-electron chi connectivity index (χ2n) is 3.35. The van der Waals surface area contributed by atoms with Crippen LogP contribution in [0.3, 0.4) is 0 Å². The van der Waals surface area contributed by atoms with Crippen LogP contribution in [0.5, 0.6) is 0 Å². The normalized spacial score (nSPS) is 12.5. The van der Waals surface area contributed by atoms with E-state index in [0.29, 0.717) is 5.69 Å². The topological polar surface area (TPSA) is 4.93 Å². The molecule has 1 rings (SSSR count). The van der Waals surface area contributed by atoms with Gasteiger partial charge in [-0.05, 0) is 18.1 Å². The highest BCUT2D eigenvalue weighted by Crippen LogP contribution is 2.31. The van der Waals surface area contributed by atoms with Crippen LogP contribution >= 0.6 is 0 Å². The minimum Gasteiger partial charge on any atom is -0.344 e. The Morgan fingerprint density at radius 2 is 1.77 bits per heavy atom. The summed E-state index contributed by atoms with van der Waals surface area (Å²) < 4.78 is 38.1. The molecule has 1 nitrogen and oxygen atoms in total. The van der Waals surface area contributed by atoms with Crippen molar-refractivity contribution in [2.24, 2.45) is 7.05 Å². The summed E-state index contributed by atoms with van der Waals surface area (Å²) >= 11 is 0. The molecule has 0 amide bonds. The van der Waals surface area contributed by atoms with Crippen molar-refractivity contribution in [1.29, 1.82) is 0 Å². The van der Waals surface area contributed by atoms with E-state index in [1.807, 2.05) is 13.8 Å². The van der Waals surface area contributed by atoms with Gasteiger partial charge in [-0.15, -0.1) is 0 Å². The molecule has 1 aromatic rings. The third kappa shape index (κ3) is 1.87. The summed E-state index contributed by atoms with van der Waals surface area (Å²) in [6.07, 6.45) is -4.25. The van der Waals surface area contributed by atoms with Crippen molar-refractivity contribution in [3.63, 3.8) is 0 Å². The summed E-state index contributed by atoms with van der Waals surface area (Å²) in [6, 6.07) is 2.64. The largest absolute Gasteiger partial charge is 0.431 e. The molecule has 0 atom stereocenters. The maximum atomic E-state index is 12.3. The average molecular weight is 191 g/mol. The molecule has 0 radical (unpaired) electrons. The number of hydrogen-bond donors (Lipinski definition) is 0. The second-order valence-corrected chi connectivity index (χ2v) is 3.35. The summed E-state index contributed by atoms with van der Waals surface area (Å²) in [7, 11) is 1.44. The summed E-state index contributed by atoms with van der Waals surface area (Å²) in [4.78, 5) is 0. The Hall–Kier alpha value is -0.930. The molecule has 0 fully saturated rings. The van der Waals surface area contributed by atoms with E-state index in [2.05, 4.69) is 0 Å². The van der Waals surface area contributed by atoms with Gasteiger partial charge < -0.3 is 4.57 Å². The monoisotopic (exact) mass is 191 g/mol. The van der Waals surface area contributed by atoms with Crippen LogP contribution < -0.4 is 0 Å². The van der Waals surface area contributed by atoms with Gasteiger partial charge in [-0.3, -0.25) is 0 Å². The molecular weight excluding hydrogens is 179 g/mol. The van der Waals surface area contributed by atoms with Gasteiger partial charge in [-0.2, -0.15) is 13.2 Å². The first-order chi connectivity index (χ1) is 5.84. The number of hydrogen-bond acceptors (Lipinski definition) is 0. The fraction of sp³-hybridized carbons (Fsp3) is 0.556. The maximum absolute atomic E-state index is 12.3. The standard InChI is InChI=1S/C9H12F3N/c1-6(2)7-4-5-8(13(7)3)9(10,11)12/h4-6H,1-3H3. The molecule has 0 aliphatic heterocycles. The molecule has 1 aromatic heterocycles. The average Bonchev–Trinajstić information content (AvgIpc) is 2.28. The van der Waals surface area contributed by atoms with Crippen molar-refractivity contribution in [1.82, 2.24) is 4.57 Å². The van der Waals surface area contributed by atoms with E-state index in [-0.39, 0.29) is 5.92 Å². The molecule has 1 heterocycles. The fourth-order valence-electron chi connectivity index (χ4n) is 1.39. The van der Waals surface area contributed by atoms with Gasteiger partial charge in [0, 0.05) is 12.7 Å². The Balaban J connectivity index is 3.14. The Kier molecular flexibility index (Phi) is 2.41. The first kappa shape index (κ1) is 10.2. The molecule has 0 N–H and O–H groups in total. The number of rotatable bonds is 1. The zero-order valence-electron chi connectivity index (χ0n) is 7.81. The van der Waals surface area contributed by atoms with Crippen molar-refractivity contribution in [3.8, 4) is 0 Å². The molecule has 0 unspecified atom stereocenters. The minimum atomic E-state index is -4.25. The van der Waals surface area contributed by atoms with Gasteiger partial charge in [0.2, 0.25) is 0 Å². The van der Waals surface area contributed by atoms with Crippen LogP contribution in [0, 0.1) is 0 Å². The molecule has 0 spiro atoms. The number of halogens is 3. The predicted molar refractivity (Wildman–Crippen MR) is 44.5 cm³/mol. The smallest absolute Gasteiger partial charge is 0.344 e. The summed E-state index contributed by atoms with van der Waals surface area (Å²) in [5, 5.41) is 0. The Morgan fingerprint density at radius 1 is 1.23 bits per heavy atom. The van der Waals surface area contributed by atoms with Crippen molar-refractivity contribution in [2.75, 3.05) is 0 Å². The highest BCUT2D eigenvalue weighted by atomic mass is 19.4. The van der Waals surface area contributed by atoms with Gasteiger partial charge in [0.15, 0.2) is 0 Å². The van der Waals surface area contributed by atoms with Crippen LogP contribution in [0.1, 0.15) is 31.2 Å². The lowest BCUT2D eigenvalue weighted by atomic mass is 10.1. The van der Waals surface area contributed by atoms with E-state index in [1.54, 1.807) is 0 Å². The van der Waals surface area contributed by atoms with Gasteiger partial charge in [0.25, 0.3) is 0 Å². The quantitative estimate of drug-likeness (QED) is 0.642. The van der Waals surface area contributed by atoms with E-state index >= 15 is 0 Å². The fourth-order valence-corrected chi connectivity index (χ4v) is 1.39. The molecule has 0 bridgehead atoms. The molecule has 74 valence electrons. The zero-order chi connectivity index (χ0) is 10.2. The van der Waals surface area contributed by atoms with Gasteiger partial charge in [-0.1, -0.05) is 13.8 Å². The van der Waals surface area contributed by atoms with Crippen LogP contribution in [0.25, 0.3) is 0 Å². The first-order valence-electron chi connectivity index (χ1n) is 4.07. The van der Waals surface area contributed by atoms with Crippen LogP contribution in [0.15, 0.2) is 12.1 Å². The molecule has 0 saturated heterocycles. The molecule has 0 aromatic carbocycles. The van der Waals surface area contributed by atoms with Crippen molar-refractivity contribution in [3.05, 3.63) is 23.5 Å². The third-order valence-electron chi connectivity index (χ3n) is 2.04. The van der Waals surface area contributed by atoms with Crippen LogP contribution in [0.2, 0.25) is 0 Å². The molecular formula is C9H12F3N. The molecule has 0 aliphatic carbocycles. The summed E-state index contributed by atoms with van der Waals surface area (Å²) in [5.74, 6) is 0.112. The van der Waals surface area contributed by atoms with E-state index in [1.165, 1.54) is 17.7 Å². The van der Waals surface area contributed by atoms with Crippen molar-refractivity contribution >= 4 is 0 Å². The lowest BCUT2D eigenvalue weighted by Crippen LogP contribution is -2.12.